The van der Waals surface area contributed by atoms with Crippen LogP contribution in [0.25, 0.3) is 0 Å². The largest absolute Gasteiger partial charge is 0.434 e. The van der Waals surface area contributed by atoms with Crippen molar-refractivity contribution < 1.29 is 18.3 Å². The Hall–Kier alpha value is -1.40. The van der Waals surface area contributed by atoms with Crippen LogP contribution in [0.1, 0.15) is 26.3 Å². The van der Waals surface area contributed by atoms with E-state index in [1.54, 1.807) is 19.1 Å². The normalized spacial score (nSPS) is 12.6. The molecule has 0 aliphatic carbocycles. The summed E-state index contributed by atoms with van der Waals surface area (Å²) in [4.78, 5) is 12.0. The molecule has 0 fully saturated rings. The molecule has 0 aliphatic heterocycles. The van der Waals surface area contributed by atoms with Crippen molar-refractivity contribution in [2.24, 2.45) is 11.1 Å². The number of alkyl halides is 2. The molecule has 1 atom stereocenters. The van der Waals surface area contributed by atoms with Crippen LogP contribution in [-0.2, 0) is 4.79 Å². The summed E-state index contributed by atoms with van der Waals surface area (Å²) < 4.78 is 28.9. The second kappa shape index (κ2) is 7.56. The molecule has 1 aromatic rings. The highest BCUT2D eigenvalue weighted by molar-refractivity contribution is 5.95. The van der Waals surface area contributed by atoms with Crippen molar-refractivity contribution in [2.45, 2.75) is 40.3 Å². The Labute approximate surface area is 129 Å². The summed E-state index contributed by atoms with van der Waals surface area (Å²) in [5, 5.41) is 2.60. The smallest absolute Gasteiger partial charge is 0.387 e. The minimum Gasteiger partial charge on any atom is -0.434 e. The molecule has 0 aromatic heterocycles. The lowest BCUT2D eigenvalue weighted by molar-refractivity contribution is -0.119. The summed E-state index contributed by atoms with van der Waals surface area (Å²) in [7, 11) is 0. The second-order valence-electron chi connectivity index (χ2n) is 5.69. The van der Waals surface area contributed by atoms with Gasteiger partial charge in [0.2, 0.25) is 5.91 Å². The quantitative estimate of drug-likeness (QED) is 0.893. The molecule has 21 heavy (non-hydrogen) atoms. The highest BCUT2D eigenvalue weighted by Gasteiger charge is 2.27. The third-order valence-corrected chi connectivity index (χ3v) is 2.89. The van der Waals surface area contributed by atoms with Crippen LogP contribution in [0.2, 0.25) is 0 Å². The van der Waals surface area contributed by atoms with Gasteiger partial charge in [-0.05, 0) is 24.0 Å². The number of nitrogens with one attached hydrogen (secondary N) is 1. The van der Waals surface area contributed by atoms with Gasteiger partial charge in [-0.1, -0.05) is 26.8 Å². The van der Waals surface area contributed by atoms with E-state index in [2.05, 4.69) is 10.1 Å². The first kappa shape index (κ1) is 19.6. The molecule has 4 nitrogen and oxygen atoms in total. The molecule has 0 unspecified atom stereocenters. The molecule has 0 saturated heterocycles. The summed E-state index contributed by atoms with van der Waals surface area (Å²) in [6.07, 6.45) is 0. The summed E-state index contributed by atoms with van der Waals surface area (Å²) in [5.41, 5.74) is 6.37. The molecule has 1 aromatic carbocycles. The third kappa shape index (κ3) is 5.85. The van der Waals surface area contributed by atoms with Crippen LogP contribution in [0.4, 0.5) is 14.5 Å². The third-order valence-electron chi connectivity index (χ3n) is 2.89. The Morgan fingerprint density at radius 1 is 1.33 bits per heavy atom. The van der Waals surface area contributed by atoms with E-state index in [1.807, 2.05) is 20.8 Å². The lowest BCUT2D eigenvalue weighted by atomic mass is 9.87. The van der Waals surface area contributed by atoms with Crippen LogP contribution in [0, 0.1) is 12.3 Å². The topological polar surface area (TPSA) is 64.4 Å². The van der Waals surface area contributed by atoms with Crippen molar-refractivity contribution in [1.29, 1.82) is 0 Å². The number of benzene rings is 1. The average Bonchev–Trinajstić information content (AvgIpc) is 2.30. The number of rotatable bonds is 4. The van der Waals surface area contributed by atoms with Gasteiger partial charge in [0.1, 0.15) is 5.75 Å². The van der Waals surface area contributed by atoms with E-state index in [9.17, 15) is 13.6 Å². The molecule has 0 spiro atoms. The van der Waals surface area contributed by atoms with Crippen molar-refractivity contribution in [3.8, 4) is 5.75 Å². The zero-order valence-corrected chi connectivity index (χ0v) is 13.3. The van der Waals surface area contributed by atoms with Gasteiger partial charge in [0, 0.05) is 11.8 Å². The molecule has 3 N–H and O–H groups in total. The van der Waals surface area contributed by atoms with Crippen LogP contribution < -0.4 is 15.8 Å². The fraction of sp³-hybridized carbons (Fsp3) is 0.500. The minimum atomic E-state index is -2.91. The monoisotopic (exact) mass is 322 g/mol. The maximum atomic E-state index is 12.2. The average molecular weight is 323 g/mol. The van der Waals surface area contributed by atoms with Gasteiger partial charge in [0.25, 0.3) is 0 Å². The van der Waals surface area contributed by atoms with E-state index in [-0.39, 0.29) is 24.1 Å². The van der Waals surface area contributed by atoms with Gasteiger partial charge < -0.3 is 15.8 Å². The lowest BCUT2D eigenvalue weighted by Gasteiger charge is -2.25. The van der Waals surface area contributed by atoms with Gasteiger partial charge in [-0.25, -0.2) is 0 Å². The first-order chi connectivity index (χ1) is 9.11. The van der Waals surface area contributed by atoms with Crippen LogP contribution in [0.3, 0.4) is 0 Å². The Balaban J connectivity index is 0.00000400. The summed E-state index contributed by atoms with van der Waals surface area (Å²) >= 11 is 0. The fourth-order valence-corrected chi connectivity index (χ4v) is 1.51. The Kier molecular flexibility index (Phi) is 7.06. The zero-order chi connectivity index (χ0) is 15.5. The highest BCUT2D eigenvalue weighted by atomic mass is 35.5. The molecule has 7 heteroatoms. The first-order valence-corrected chi connectivity index (χ1v) is 6.23. The molecule has 0 saturated carbocycles. The van der Waals surface area contributed by atoms with Crippen molar-refractivity contribution in [3.63, 3.8) is 0 Å². The Morgan fingerprint density at radius 2 is 1.90 bits per heavy atom. The van der Waals surface area contributed by atoms with Crippen molar-refractivity contribution in [1.82, 2.24) is 0 Å². The van der Waals surface area contributed by atoms with Gasteiger partial charge in [0.05, 0.1) is 6.04 Å². The summed E-state index contributed by atoms with van der Waals surface area (Å²) in [6, 6.07) is 3.86. The predicted octanol–water partition coefficient (Wildman–Crippen LogP) is 3.33. The Bertz CT molecular complexity index is 490. The van der Waals surface area contributed by atoms with E-state index in [1.165, 1.54) is 6.07 Å². The maximum absolute atomic E-state index is 12.2. The summed E-state index contributed by atoms with van der Waals surface area (Å²) in [6.45, 7) is 4.27. The van der Waals surface area contributed by atoms with Crippen molar-refractivity contribution in [2.75, 3.05) is 5.32 Å². The van der Waals surface area contributed by atoms with E-state index in [0.717, 1.165) is 0 Å². The lowest BCUT2D eigenvalue weighted by Crippen LogP contribution is -2.45. The number of carbonyl (C=O) groups is 1. The number of aryl methyl sites for hydroxylation is 1. The number of carbonyl (C=O) groups excluding carboxylic acids is 1. The number of ether oxygens (including phenoxy) is 1. The van der Waals surface area contributed by atoms with E-state index in [4.69, 9.17) is 5.73 Å². The maximum Gasteiger partial charge on any atom is 0.387 e. The predicted molar refractivity (Wildman–Crippen MR) is 81.1 cm³/mol. The fourth-order valence-electron chi connectivity index (χ4n) is 1.51. The molecule has 0 bridgehead atoms. The van der Waals surface area contributed by atoms with Crippen molar-refractivity contribution >= 4 is 24.0 Å². The number of amides is 1. The molecule has 1 amide bonds. The number of hydrogen-bond donors (Lipinski definition) is 2. The van der Waals surface area contributed by atoms with E-state index < -0.39 is 18.1 Å². The SMILES string of the molecule is Cc1ccc(NC(=O)[C@@H](N)C(C)(C)C)cc1OC(F)F.Cl. The second-order valence-corrected chi connectivity index (χ2v) is 5.69. The summed E-state index contributed by atoms with van der Waals surface area (Å²) in [5.74, 6) is -0.341. The molecular formula is C14H21ClF2N2O2. The van der Waals surface area contributed by atoms with Crippen LogP contribution in [0.15, 0.2) is 18.2 Å². The van der Waals surface area contributed by atoms with Gasteiger partial charge in [0.15, 0.2) is 0 Å². The number of hydrogen-bond acceptors (Lipinski definition) is 3. The standard InChI is InChI=1S/C14H20F2N2O2.ClH/c1-8-5-6-9(7-10(8)20-13(15)16)18-12(19)11(17)14(2,3)4;/h5-7,11,13H,17H2,1-4H3,(H,18,19);1H/t11-;/m1./s1. The van der Waals surface area contributed by atoms with Gasteiger partial charge in [-0.15, -0.1) is 12.4 Å². The molecule has 1 rings (SSSR count). The molecule has 0 radical (unpaired) electrons. The van der Waals surface area contributed by atoms with Crippen LogP contribution in [0.5, 0.6) is 5.75 Å². The zero-order valence-electron chi connectivity index (χ0n) is 12.4. The number of anilines is 1. The number of nitrogens with two attached hydrogens (primary N) is 1. The number of halogens is 3. The molecule has 120 valence electrons. The van der Waals surface area contributed by atoms with Gasteiger partial charge >= 0.3 is 6.61 Å². The highest BCUT2D eigenvalue weighted by Crippen LogP contribution is 2.25. The molecular weight excluding hydrogens is 302 g/mol. The van der Waals surface area contributed by atoms with E-state index in [0.29, 0.717) is 11.3 Å². The van der Waals surface area contributed by atoms with Gasteiger partial charge in [-0.2, -0.15) is 8.78 Å². The van der Waals surface area contributed by atoms with Crippen LogP contribution >= 0.6 is 12.4 Å². The molecule has 0 aliphatic rings. The van der Waals surface area contributed by atoms with Crippen molar-refractivity contribution in [3.05, 3.63) is 23.8 Å². The molecule has 0 heterocycles. The van der Waals surface area contributed by atoms with Gasteiger partial charge in [-0.3, -0.25) is 4.79 Å². The minimum absolute atomic E-state index is 0. The van der Waals surface area contributed by atoms with E-state index >= 15 is 0 Å². The Morgan fingerprint density at radius 3 is 2.38 bits per heavy atom. The van der Waals surface area contributed by atoms with Crippen LogP contribution in [-0.4, -0.2) is 18.6 Å². The first-order valence-electron chi connectivity index (χ1n) is 6.23.